The van der Waals surface area contributed by atoms with Gasteiger partial charge < -0.3 is 10.4 Å². The Morgan fingerprint density at radius 2 is 1.14 bits per heavy atom. The van der Waals surface area contributed by atoms with Gasteiger partial charge in [0.25, 0.3) is 5.91 Å². The molecule has 3 N–H and O–H groups in total. The van der Waals surface area contributed by atoms with E-state index in [0.717, 1.165) is 16.1 Å². The van der Waals surface area contributed by atoms with Crippen molar-refractivity contribution in [2.75, 3.05) is 10.3 Å². The molecular formula is C29H27N3O3. The molecule has 35 heavy (non-hydrogen) atoms. The highest BCUT2D eigenvalue weighted by atomic mass is 16.3. The fourth-order valence-electron chi connectivity index (χ4n) is 3.71. The zero-order chi connectivity index (χ0) is 24.8. The number of anilines is 2. The number of aryl methyl sites for hydroxylation is 2. The Balaban J connectivity index is 1.73. The molecule has 4 rings (SSSR count). The molecule has 0 saturated carbocycles. The smallest absolute Gasteiger partial charge is 0.345 e. The van der Waals surface area contributed by atoms with Crippen LogP contribution in [0.3, 0.4) is 0 Å². The van der Waals surface area contributed by atoms with Crippen LogP contribution < -0.4 is 15.8 Å². The monoisotopic (exact) mass is 465 g/mol. The van der Waals surface area contributed by atoms with Gasteiger partial charge in [0, 0.05) is 5.69 Å². The number of nitrogens with one attached hydrogen (secondary N) is 2. The molecule has 6 nitrogen and oxygen atoms in total. The number of urea groups is 1. The molecule has 0 bridgehead atoms. The van der Waals surface area contributed by atoms with Gasteiger partial charge in [0.1, 0.15) is 0 Å². The summed E-state index contributed by atoms with van der Waals surface area (Å²) in [5.74, 6) is -0.766. The van der Waals surface area contributed by atoms with Crippen LogP contribution in [0.25, 0.3) is 0 Å². The molecule has 4 aromatic carbocycles. The number of hydrogen-bond acceptors (Lipinski definition) is 3. The average molecular weight is 466 g/mol. The number of carbonyl (C=O) groups is 2. The zero-order valence-corrected chi connectivity index (χ0v) is 19.6. The first-order valence-electron chi connectivity index (χ1n) is 11.3. The van der Waals surface area contributed by atoms with Gasteiger partial charge in [-0.1, -0.05) is 96.1 Å². The van der Waals surface area contributed by atoms with Crippen LogP contribution in [0, 0.1) is 13.8 Å². The lowest BCUT2D eigenvalue weighted by Crippen LogP contribution is -2.55. The first-order chi connectivity index (χ1) is 16.9. The van der Waals surface area contributed by atoms with Crippen molar-refractivity contribution in [3.05, 3.63) is 131 Å². The Kier molecular flexibility index (Phi) is 6.94. The highest BCUT2D eigenvalue weighted by Crippen LogP contribution is 2.31. The molecule has 0 saturated heterocycles. The lowest BCUT2D eigenvalue weighted by atomic mass is 9.85. The maximum atomic E-state index is 13.8. The van der Waals surface area contributed by atoms with Crippen LogP contribution >= 0.6 is 0 Å². The molecule has 4 aromatic rings. The van der Waals surface area contributed by atoms with Gasteiger partial charge in [-0.25, -0.2) is 9.80 Å². The number of nitrogens with zero attached hydrogens (tertiary/aromatic N) is 1. The molecule has 0 fully saturated rings. The first kappa shape index (κ1) is 23.7. The second-order valence-corrected chi connectivity index (χ2v) is 8.35. The minimum atomic E-state index is -2.04. The van der Waals surface area contributed by atoms with E-state index in [-0.39, 0.29) is 0 Å². The number of rotatable bonds is 5. The Morgan fingerprint density at radius 3 is 1.63 bits per heavy atom. The van der Waals surface area contributed by atoms with Crippen LogP contribution in [-0.2, 0) is 10.4 Å². The largest absolute Gasteiger partial charge is 0.372 e. The molecule has 0 aliphatic rings. The van der Waals surface area contributed by atoms with Gasteiger partial charge in [0.15, 0.2) is 5.60 Å². The molecule has 0 unspecified atom stereocenters. The molecule has 0 radical (unpaired) electrons. The summed E-state index contributed by atoms with van der Waals surface area (Å²) in [5.41, 5.74) is 4.38. The lowest BCUT2D eigenvalue weighted by molar-refractivity contribution is -0.136. The molecule has 3 amide bonds. The number of benzene rings is 4. The fourth-order valence-corrected chi connectivity index (χ4v) is 3.71. The van der Waals surface area contributed by atoms with E-state index in [1.54, 1.807) is 72.8 Å². The molecule has 0 aromatic heterocycles. The molecule has 0 aliphatic carbocycles. The number of hydrogen-bond donors (Lipinski definition) is 3. The quantitative estimate of drug-likeness (QED) is 0.350. The summed E-state index contributed by atoms with van der Waals surface area (Å²) in [6, 6.07) is 31.3. The van der Waals surface area contributed by atoms with Crippen molar-refractivity contribution in [3.63, 3.8) is 0 Å². The normalized spacial score (nSPS) is 10.9. The van der Waals surface area contributed by atoms with Crippen LogP contribution in [0.1, 0.15) is 22.3 Å². The summed E-state index contributed by atoms with van der Waals surface area (Å²) < 4.78 is 0. The molecular weight excluding hydrogens is 438 g/mol. The summed E-state index contributed by atoms with van der Waals surface area (Å²) in [5, 5.41) is 15.8. The Hall–Kier alpha value is -4.42. The molecule has 6 heteroatoms. The predicted octanol–water partition coefficient (Wildman–Crippen LogP) is 5.31. The van der Waals surface area contributed by atoms with E-state index in [4.69, 9.17) is 0 Å². The lowest BCUT2D eigenvalue weighted by Gasteiger charge is -2.32. The number of amides is 3. The van der Waals surface area contributed by atoms with E-state index in [9.17, 15) is 14.7 Å². The van der Waals surface area contributed by atoms with Crippen LogP contribution in [0.2, 0.25) is 0 Å². The topological polar surface area (TPSA) is 81.7 Å². The summed E-state index contributed by atoms with van der Waals surface area (Å²) in [6.45, 7) is 3.86. The van der Waals surface area contributed by atoms with Crippen molar-refractivity contribution >= 4 is 23.3 Å². The second kappa shape index (κ2) is 10.2. The van der Waals surface area contributed by atoms with E-state index in [0.29, 0.717) is 22.5 Å². The first-order valence-corrected chi connectivity index (χ1v) is 11.3. The molecule has 0 spiro atoms. The Labute approximate surface area is 204 Å². The molecule has 176 valence electrons. The van der Waals surface area contributed by atoms with Crippen LogP contribution in [0.15, 0.2) is 109 Å². The van der Waals surface area contributed by atoms with Gasteiger partial charge in [0.2, 0.25) is 0 Å². The minimum Gasteiger partial charge on any atom is -0.372 e. The van der Waals surface area contributed by atoms with Crippen molar-refractivity contribution in [3.8, 4) is 0 Å². The van der Waals surface area contributed by atoms with Crippen LogP contribution in [-0.4, -0.2) is 17.0 Å². The molecule has 0 aliphatic heterocycles. The number of para-hydroxylation sites is 2. The standard InChI is InChI=1S/C29H27N3O3/c1-21-13-17-23(18-14-21)29(35,24-19-15-22(2)16-20-24)27(33)31-32(26-11-7-4-8-12-26)28(34)30-25-9-5-3-6-10-25/h3-20,35H,1-2H3,(H,30,34)(H,31,33). The van der Waals surface area contributed by atoms with Crippen LogP contribution in [0.5, 0.6) is 0 Å². The third-order valence-corrected chi connectivity index (χ3v) is 5.72. The summed E-state index contributed by atoms with van der Waals surface area (Å²) >= 11 is 0. The van der Waals surface area contributed by atoms with Gasteiger partial charge in [-0.15, -0.1) is 0 Å². The SMILES string of the molecule is Cc1ccc(C(O)(C(=O)NN(C(=O)Nc2ccccc2)c2ccccc2)c2ccc(C)cc2)cc1. The van der Waals surface area contributed by atoms with Crippen molar-refractivity contribution in [2.24, 2.45) is 0 Å². The van der Waals surface area contributed by atoms with Crippen LogP contribution in [0.4, 0.5) is 16.2 Å². The fraction of sp³-hybridized carbons (Fsp3) is 0.103. The number of hydrazine groups is 1. The van der Waals surface area contributed by atoms with Crippen molar-refractivity contribution in [2.45, 2.75) is 19.4 Å². The average Bonchev–Trinajstić information content (AvgIpc) is 2.88. The number of carbonyl (C=O) groups excluding carboxylic acids is 2. The third-order valence-electron chi connectivity index (χ3n) is 5.72. The maximum Gasteiger partial charge on any atom is 0.345 e. The van der Waals surface area contributed by atoms with Gasteiger partial charge in [-0.3, -0.25) is 10.2 Å². The van der Waals surface area contributed by atoms with E-state index in [1.807, 2.05) is 50.2 Å². The minimum absolute atomic E-state index is 0.390. The van der Waals surface area contributed by atoms with Crippen molar-refractivity contribution in [1.29, 1.82) is 0 Å². The second-order valence-electron chi connectivity index (χ2n) is 8.35. The van der Waals surface area contributed by atoms with Gasteiger partial charge in [-0.05, 0) is 49.2 Å². The van der Waals surface area contributed by atoms with Crippen molar-refractivity contribution < 1.29 is 14.7 Å². The predicted molar refractivity (Wildman–Crippen MR) is 138 cm³/mol. The summed E-state index contributed by atoms with van der Waals surface area (Å²) in [6.07, 6.45) is 0. The van der Waals surface area contributed by atoms with E-state index in [1.165, 1.54) is 0 Å². The molecule has 0 heterocycles. The zero-order valence-electron chi connectivity index (χ0n) is 19.6. The highest BCUT2D eigenvalue weighted by molar-refractivity contribution is 6.04. The van der Waals surface area contributed by atoms with E-state index in [2.05, 4.69) is 10.7 Å². The van der Waals surface area contributed by atoms with E-state index < -0.39 is 17.5 Å². The van der Waals surface area contributed by atoms with Crippen molar-refractivity contribution in [1.82, 2.24) is 5.43 Å². The third kappa shape index (κ3) is 5.23. The Bertz CT molecular complexity index is 1240. The maximum absolute atomic E-state index is 13.8. The number of aliphatic hydroxyl groups is 1. The van der Waals surface area contributed by atoms with Gasteiger partial charge in [-0.2, -0.15) is 0 Å². The Morgan fingerprint density at radius 1 is 0.686 bits per heavy atom. The molecule has 0 atom stereocenters. The van der Waals surface area contributed by atoms with Gasteiger partial charge in [0.05, 0.1) is 5.69 Å². The van der Waals surface area contributed by atoms with E-state index >= 15 is 0 Å². The van der Waals surface area contributed by atoms with Gasteiger partial charge >= 0.3 is 6.03 Å². The summed E-state index contributed by atoms with van der Waals surface area (Å²) in [7, 11) is 0. The highest BCUT2D eigenvalue weighted by Gasteiger charge is 2.41. The summed E-state index contributed by atoms with van der Waals surface area (Å²) in [4.78, 5) is 27.0.